The molecule has 0 saturated carbocycles. The molecule has 0 aromatic heterocycles. The zero-order valence-corrected chi connectivity index (χ0v) is 12.8. The molecule has 0 aliphatic carbocycles. The van der Waals surface area contributed by atoms with E-state index < -0.39 is 7.12 Å². The van der Waals surface area contributed by atoms with E-state index in [1.807, 2.05) is 6.08 Å². The molecule has 1 aromatic rings. The zero-order valence-electron chi connectivity index (χ0n) is 11.2. The van der Waals surface area contributed by atoms with Gasteiger partial charge in [-0.15, -0.1) is 0 Å². The number of methoxy groups -OCH3 is 1. The maximum Gasteiger partial charge on any atom is 0.491 e. The number of halogens is 1. The summed E-state index contributed by atoms with van der Waals surface area (Å²) in [6.07, 6.45) is 2.04. The van der Waals surface area contributed by atoms with Crippen LogP contribution in [0.15, 0.2) is 46.4 Å². The number of benzene rings is 1. The van der Waals surface area contributed by atoms with E-state index in [1.165, 1.54) is 0 Å². The minimum absolute atomic E-state index is 0.151. The molecular formula is C14H16BBrO4. The van der Waals surface area contributed by atoms with Gasteiger partial charge in [0.15, 0.2) is 0 Å². The van der Waals surface area contributed by atoms with Gasteiger partial charge in [-0.2, -0.15) is 0 Å². The van der Waals surface area contributed by atoms with Crippen LogP contribution in [-0.2, 0) is 9.39 Å². The van der Waals surface area contributed by atoms with Gasteiger partial charge in [-0.3, -0.25) is 0 Å². The Balaban J connectivity index is 2.19. The SMILES string of the molecule is C=C(COC)C1=CCC(c2cc(Br)ccc2O)OB1O. The molecule has 0 radical (unpaired) electrons. The first-order valence-corrected chi connectivity index (χ1v) is 7.01. The van der Waals surface area contributed by atoms with Crippen molar-refractivity contribution in [3.05, 3.63) is 51.9 Å². The largest absolute Gasteiger partial charge is 0.508 e. The first-order chi connectivity index (χ1) is 9.52. The number of hydrogen-bond donors (Lipinski definition) is 2. The number of rotatable bonds is 4. The molecule has 0 bridgehead atoms. The minimum Gasteiger partial charge on any atom is -0.508 e. The van der Waals surface area contributed by atoms with Crippen molar-refractivity contribution >= 4 is 23.0 Å². The number of ether oxygens (including phenoxy) is 1. The molecule has 1 aliphatic heterocycles. The molecule has 4 nitrogen and oxygen atoms in total. The van der Waals surface area contributed by atoms with Crippen LogP contribution < -0.4 is 0 Å². The first kappa shape index (κ1) is 15.3. The second-order valence-electron chi connectivity index (χ2n) is 4.61. The lowest BCUT2D eigenvalue weighted by Gasteiger charge is -2.27. The average molecular weight is 339 g/mol. The second kappa shape index (κ2) is 6.58. The number of phenols is 1. The Kier molecular flexibility index (Phi) is 5.04. The predicted molar refractivity (Wildman–Crippen MR) is 81.3 cm³/mol. The molecule has 0 spiro atoms. The molecular weight excluding hydrogens is 323 g/mol. The Morgan fingerprint density at radius 3 is 3.00 bits per heavy atom. The van der Waals surface area contributed by atoms with E-state index in [1.54, 1.807) is 25.3 Å². The zero-order chi connectivity index (χ0) is 14.7. The van der Waals surface area contributed by atoms with Gasteiger partial charge in [0, 0.05) is 17.1 Å². The van der Waals surface area contributed by atoms with E-state index in [2.05, 4.69) is 22.5 Å². The van der Waals surface area contributed by atoms with Crippen LogP contribution in [-0.4, -0.2) is 31.0 Å². The van der Waals surface area contributed by atoms with Gasteiger partial charge in [-0.05, 0) is 35.7 Å². The molecule has 6 heteroatoms. The van der Waals surface area contributed by atoms with Gasteiger partial charge in [0.05, 0.1) is 12.7 Å². The quantitative estimate of drug-likeness (QED) is 0.829. The standard InChI is InChI=1S/C14H16BBrO4/c1-9(8-19-2)12-4-6-14(20-15(12)18)11-7-10(16)3-5-13(11)17/h3-5,7,14,17-18H,1,6,8H2,2H3. The van der Waals surface area contributed by atoms with E-state index in [4.69, 9.17) is 9.39 Å². The summed E-state index contributed by atoms with van der Waals surface area (Å²) in [5.41, 5.74) is 1.97. The highest BCUT2D eigenvalue weighted by atomic mass is 79.9. The molecule has 0 amide bonds. The third-order valence-electron chi connectivity index (χ3n) is 3.17. The number of hydrogen-bond acceptors (Lipinski definition) is 4. The maximum absolute atomic E-state index is 10.1. The highest BCUT2D eigenvalue weighted by molar-refractivity contribution is 9.10. The summed E-state index contributed by atoms with van der Waals surface area (Å²) in [6.45, 7) is 4.20. The summed E-state index contributed by atoms with van der Waals surface area (Å²) in [7, 11) is 0.513. The fourth-order valence-corrected chi connectivity index (χ4v) is 2.56. The van der Waals surface area contributed by atoms with Crippen LogP contribution in [0.5, 0.6) is 5.75 Å². The number of phenolic OH excluding ortho intramolecular Hbond substituents is 1. The molecule has 2 rings (SSSR count). The third-order valence-corrected chi connectivity index (χ3v) is 3.67. The Morgan fingerprint density at radius 1 is 1.60 bits per heavy atom. The van der Waals surface area contributed by atoms with Gasteiger partial charge < -0.3 is 19.5 Å². The topological polar surface area (TPSA) is 58.9 Å². The third kappa shape index (κ3) is 3.33. The summed E-state index contributed by atoms with van der Waals surface area (Å²) in [5, 5.41) is 19.9. The van der Waals surface area contributed by atoms with Crippen molar-refractivity contribution < 1.29 is 19.5 Å². The van der Waals surface area contributed by atoms with Crippen molar-refractivity contribution in [2.24, 2.45) is 0 Å². The second-order valence-corrected chi connectivity index (χ2v) is 5.53. The molecule has 1 heterocycles. The first-order valence-electron chi connectivity index (χ1n) is 6.22. The predicted octanol–water partition coefficient (Wildman–Crippen LogP) is 2.76. The highest BCUT2D eigenvalue weighted by Gasteiger charge is 2.31. The van der Waals surface area contributed by atoms with Gasteiger partial charge in [0.2, 0.25) is 0 Å². The van der Waals surface area contributed by atoms with Gasteiger partial charge in [0.1, 0.15) is 5.75 Å². The molecule has 106 valence electrons. The minimum atomic E-state index is -1.06. The van der Waals surface area contributed by atoms with Gasteiger partial charge in [-0.25, -0.2) is 0 Å². The lowest BCUT2D eigenvalue weighted by atomic mass is 9.71. The molecule has 1 aliphatic rings. The summed E-state index contributed by atoms with van der Waals surface area (Å²) >= 11 is 3.36. The Hall–Kier alpha value is -1.08. The van der Waals surface area contributed by atoms with Gasteiger partial charge in [0.25, 0.3) is 0 Å². The maximum atomic E-state index is 10.1. The smallest absolute Gasteiger partial charge is 0.491 e. The molecule has 2 N–H and O–H groups in total. The van der Waals surface area contributed by atoms with E-state index in [0.717, 1.165) is 4.47 Å². The molecule has 0 fully saturated rings. The fraction of sp³-hybridized carbons (Fsp3) is 0.286. The van der Waals surface area contributed by atoms with Crippen molar-refractivity contribution in [2.75, 3.05) is 13.7 Å². The summed E-state index contributed by atoms with van der Waals surface area (Å²) in [4.78, 5) is 0. The van der Waals surface area contributed by atoms with Crippen LogP contribution in [0.3, 0.4) is 0 Å². The molecule has 0 saturated heterocycles. The van der Waals surface area contributed by atoms with E-state index >= 15 is 0 Å². The van der Waals surface area contributed by atoms with Gasteiger partial charge >= 0.3 is 7.12 Å². The number of aromatic hydroxyl groups is 1. The van der Waals surface area contributed by atoms with Crippen molar-refractivity contribution in [2.45, 2.75) is 12.5 Å². The lowest BCUT2D eigenvalue weighted by Crippen LogP contribution is -2.29. The monoisotopic (exact) mass is 338 g/mol. The Morgan fingerprint density at radius 2 is 2.35 bits per heavy atom. The van der Waals surface area contributed by atoms with E-state index in [0.29, 0.717) is 29.6 Å². The molecule has 1 unspecified atom stereocenters. The van der Waals surface area contributed by atoms with E-state index in [-0.39, 0.29) is 11.9 Å². The van der Waals surface area contributed by atoms with Crippen LogP contribution in [0.25, 0.3) is 0 Å². The van der Waals surface area contributed by atoms with Crippen LogP contribution in [0.1, 0.15) is 18.1 Å². The van der Waals surface area contributed by atoms with E-state index in [9.17, 15) is 10.1 Å². The normalized spacial score (nSPS) is 18.9. The van der Waals surface area contributed by atoms with Gasteiger partial charge in [-0.1, -0.05) is 28.6 Å². The van der Waals surface area contributed by atoms with Crippen molar-refractivity contribution in [3.63, 3.8) is 0 Å². The van der Waals surface area contributed by atoms with Crippen molar-refractivity contribution in [1.29, 1.82) is 0 Å². The highest BCUT2D eigenvalue weighted by Crippen LogP contribution is 2.36. The van der Waals surface area contributed by atoms with Crippen LogP contribution in [0.4, 0.5) is 0 Å². The molecule has 1 atom stereocenters. The summed E-state index contributed by atoms with van der Waals surface area (Å²) in [6, 6.07) is 5.13. The van der Waals surface area contributed by atoms with Crippen molar-refractivity contribution in [1.82, 2.24) is 0 Å². The fourth-order valence-electron chi connectivity index (χ4n) is 2.18. The summed E-state index contributed by atoms with van der Waals surface area (Å²) in [5.74, 6) is 0.151. The van der Waals surface area contributed by atoms with Crippen LogP contribution >= 0.6 is 15.9 Å². The van der Waals surface area contributed by atoms with Crippen LogP contribution in [0.2, 0.25) is 0 Å². The Labute approximate surface area is 127 Å². The van der Waals surface area contributed by atoms with Crippen LogP contribution in [0, 0.1) is 0 Å². The average Bonchev–Trinajstić information content (AvgIpc) is 2.41. The summed E-state index contributed by atoms with van der Waals surface area (Å²) < 4.78 is 11.4. The molecule has 20 heavy (non-hydrogen) atoms. The molecule has 1 aromatic carbocycles. The lowest BCUT2D eigenvalue weighted by molar-refractivity contribution is 0.163. The Bertz CT molecular complexity index is 544. The van der Waals surface area contributed by atoms with Crippen molar-refractivity contribution in [3.8, 4) is 5.75 Å².